The maximum Gasteiger partial charge on any atom is 0.170 e. The predicted molar refractivity (Wildman–Crippen MR) is 99.4 cm³/mol. The van der Waals surface area contributed by atoms with Crippen LogP contribution in [0.15, 0.2) is 28.9 Å². The van der Waals surface area contributed by atoms with Crippen molar-refractivity contribution in [3.05, 3.63) is 45.7 Å². The third-order valence-corrected chi connectivity index (χ3v) is 4.40. The van der Waals surface area contributed by atoms with Crippen molar-refractivity contribution >= 4 is 38.9 Å². The first-order valence-electron chi connectivity index (χ1n) is 7.27. The molecule has 1 heterocycles. The van der Waals surface area contributed by atoms with Gasteiger partial charge in [0.15, 0.2) is 5.11 Å². The number of hydrogen-bond acceptors (Lipinski definition) is 2. The van der Waals surface area contributed by atoms with Gasteiger partial charge in [-0.05, 0) is 72.5 Å². The van der Waals surface area contributed by atoms with Crippen LogP contribution in [0, 0.1) is 20.8 Å². The Labute approximate surface area is 145 Å². The molecule has 1 aromatic heterocycles. The zero-order chi connectivity index (χ0) is 16.1. The lowest BCUT2D eigenvalue weighted by Gasteiger charge is -2.13. The first-order chi connectivity index (χ1) is 10.5. The maximum absolute atomic E-state index is 5.34. The highest BCUT2D eigenvalue weighted by Gasteiger charge is 2.03. The molecule has 0 amide bonds. The van der Waals surface area contributed by atoms with Crippen molar-refractivity contribution in [1.82, 2.24) is 15.1 Å². The molecular formula is C16H21BrN4S. The molecule has 22 heavy (non-hydrogen) atoms. The second-order valence-corrected chi connectivity index (χ2v) is 6.64. The van der Waals surface area contributed by atoms with Gasteiger partial charge in [-0.3, -0.25) is 4.68 Å². The highest BCUT2D eigenvalue weighted by atomic mass is 79.9. The minimum Gasteiger partial charge on any atom is -0.362 e. The summed E-state index contributed by atoms with van der Waals surface area (Å²) in [7, 11) is 0. The summed E-state index contributed by atoms with van der Waals surface area (Å²) in [5.41, 5.74) is 4.48. The lowest BCUT2D eigenvalue weighted by Crippen LogP contribution is -2.30. The number of nitrogens with zero attached hydrogens (tertiary/aromatic N) is 2. The molecule has 0 saturated carbocycles. The van der Waals surface area contributed by atoms with E-state index in [9.17, 15) is 0 Å². The molecule has 0 aliphatic rings. The molecule has 0 fully saturated rings. The number of halogens is 1. The number of anilines is 1. The number of aromatic nitrogens is 2. The summed E-state index contributed by atoms with van der Waals surface area (Å²) in [6.07, 6.45) is 2.96. The average Bonchev–Trinajstić information content (AvgIpc) is 2.78. The van der Waals surface area contributed by atoms with E-state index in [4.69, 9.17) is 12.2 Å². The summed E-state index contributed by atoms with van der Waals surface area (Å²) in [6, 6.07) is 6.30. The first-order valence-corrected chi connectivity index (χ1v) is 8.47. The fourth-order valence-corrected chi connectivity index (χ4v) is 2.62. The van der Waals surface area contributed by atoms with Crippen LogP contribution in [0.3, 0.4) is 0 Å². The standard InChI is InChI=1S/C16H21BrN4S/c1-11-5-6-12(2)15(9-11)19-16(22)18-7-4-8-21-10-14(17)13(3)20-21/h5-6,9-10H,4,7-8H2,1-3H3,(H2,18,19,22). The Morgan fingerprint density at radius 2 is 2.09 bits per heavy atom. The number of rotatable bonds is 5. The molecule has 118 valence electrons. The lowest BCUT2D eigenvalue weighted by atomic mass is 10.1. The van der Waals surface area contributed by atoms with Crippen LogP contribution in [0.1, 0.15) is 23.2 Å². The fraction of sp³-hybridized carbons (Fsp3) is 0.375. The Balaban J connectivity index is 1.75. The van der Waals surface area contributed by atoms with Gasteiger partial charge in [0.2, 0.25) is 0 Å². The molecule has 1 aromatic carbocycles. The number of nitrogens with one attached hydrogen (secondary N) is 2. The largest absolute Gasteiger partial charge is 0.362 e. The molecule has 0 spiro atoms. The Bertz CT molecular complexity index is 647. The van der Waals surface area contributed by atoms with Crippen LogP contribution in [0.25, 0.3) is 0 Å². The van der Waals surface area contributed by atoms with Crippen LogP contribution in [0.2, 0.25) is 0 Å². The lowest BCUT2D eigenvalue weighted by molar-refractivity contribution is 0.570. The van der Waals surface area contributed by atoms with Crippen LogP contribution in [0.5, 0.6) is 0 Å². The normalized spacial score (nSPS) is 10.5. The van der Waals surface area contributed by atoms with Crippen molar-refractivity contribution < 1.29 is 0 Å². The molecule has 0 aliphatic carbocycles. The molecule has 0 radical (unpaired) electrons. The van der Waals surface area contributed by atoms with Gasteiger partial charge >= 0.3 is 0 Å². The molecular weight excluding hydrogens is 360 g/mol. The molecule has 2 rings (SSSR count). The Morgan fingerprint density at radius 3 is 2.77 bits per heavy atom. The Hall–Kier alpha value is -1.40. The topological polar surface area (TPSA) is 41.9 Å². The summed E-state index contributed by atoms with van der Waals surface area (Å²) < 4.78 is 3.00. The van der Waals surface area contributed by atoms with Gasteiger partial charge in [-0.2, -0.15) is 5.10 Å². The second-order valence-electron chi connectivity index (χ2n) is 5.38. The summed E-state index contributed by atoms with van der Waals surface area (Å²) in [5.74, 6) is 0. The minimum absolute atomic E-state index is 0.659. The Morgan fingerprint density at radius 1 is 1.32 bits per heavy atom. The molecule has 0 bridgehead atoms. The fourth-order valence-electron chi connectivity index (χ4n) is 2.09. The van der Waals surface area contributed by atoms with E-state index in [-0.39, 0.29) is 0 Å². The number of aryl methyl sites for hydroxylation is 4. The first kappa shape index (κ1) is 17.0. The molecule has 0 saturated heterocycles. The molecule has 2 N–H and O–H groups in total. The summed E-state index contributed by atoms with van der Waals surface area (Å²) in [4.78, 5) is 0. The second kappa shape index (κ2) is 7.74. The predicted octanol–water partition coefficient (Wildman–Crippen LogP) is 3.95. The third kappa shape index (κ3) is 4.81. The van der Waals surface area contributed by atoms with E-state index in [0.29, 0.717) is 5.11 Å². The van der Waals surface area contributed by atoms with Gasteiger partial charge < -0.3 is 10.6 Å². The van der Waals surface area contributed by atoms with E-state index >= 15 is 0 Å². The molecule has 2 aromatic rings. The van der Waals surface area contributed by atoms with Gasteiger partial charge in [0.05, 0.1) is 10.2 Å². The monoisotopic (exact) mass is 380 g/mol. The van der Waals surface area contributed by atoms with Gasteiger partial charge in [-0.1, -0.05) is 12.1 Å². The molecule has 0 unspecified atom stereocenters. The van der Waals surface area contributed by atoms with Crippen LogP contribution < -0.4 is 10.6 Å². The van der Waals surface area contributed by atoms with Crippen molar-refractivity contribution in [2.45, 2.75) is 33.7 Å². The summed E-state index contributed by atoms with van der Waals surface area (Å²) in [5, 5.41) is 11.6. The van der Waals surface area contributed by atoms with Crippen LogP contribution in [-0.2, 0) is 6.54 Å². The van der Waals surface area contributed by atoms with E-state index in [2.05, 4.69) is 63.7 Å². The molecule has 4 nitrogen and oxygen atoms in total. The van der Waals surface area contributed by atoms with Crippen LogP contribution >= 0.6 is 28.1 Å². The molecule has 6 heteroatoms. The number of hydrogen-bond donors (Lipinski definition) is 2. The molecule has 0 aliphatic heterocycles. The molecule has 0 atom stereocenters. The van der Waals surface area contributed by atoms with Crippen molar-refractivity contribution in [2.24, 2.45) is 0 Å². The quantitative estimate of drug-likeness (QED) is 0.608. The van der Waals surface area contributed by atoms with Crippen molar-refractivity contribution in [1.29, 1.82) is 0 Å². The van der Waals surface area contributed by atoms with E-state index in [0.717, 1.165) is 35.4 Å². The van der Waals surface area contributed by atoms with E-state index in [1.54, 1.807) is 0 Å². The van der Waals surface area contributed by atoms with Gasteiger partial charge in [-0.15, -0.1) is 0 Å². The van der Waals surface area contributed by atoms with Gasteiger partial charge in [0, 0.05) is 25.0 Å². The van der Waals surface area contributed by atoms with E-state index in [1.807, 2.05) is 17.8 Å². The van der Waals surface area contributed by atoms with Crippen molar-refractivity contribution in [3.63, 3.8) is 0 Å². The smallest absolute Gasteiger partial charge is 0.170 e. The highest BCUT2D eigenvalue weighted by Crippen LogP contribution is 2.16. The van der Waals surface area contributed by atoms with Gasteiger partial charge in [0.1, 0.15) is 0 Å². The van der Waals surface area contributed by atoms with Crippen molar-refractivity contribution in [3.8, 4) is 0 Å². The van der Waals surface area contributed by atoms with Crippen LogP contribution in [0.4, 0.5) is 5.69 Å². The number of thiocarbonyl (C=S) groups is 1. The van der Waals surface area contributed by atoms with E-state index in [1.165, 1.54) is 11.1 Å². The van der Waals surface area contributed by atoms with Crippen molar-refractivity contribution in [2.75, 3.05) is 11.9 Å². The third-order valence-electron chi connectivity index (χ3n) is 3.38. The SMILES string of the molecule is Cc1ccc(C)c(NC(=S)NCCCn2cc(Br)c(C)n2)c1. The average molecular weight is 381 g/mol. The maximum atomic E-state index is 5.34. The van der Waals surface area contributed by atoms with E-state index < -0.39 is 0 Å². The van der Waals surface area contributed by atoms with Gasteiger partial charge in [0.25, 0.3) is 0 Å². The number of benzene rings is 1. The highest BCUT2D eigenvalue weighted by molar-refractivity contribution is 9.10. The summed E-state index contributed by atoms with van der Waals surface area (Å²) in [6.45, 7) is 7.81. The van der Waals surface area contributed by atoms with Crippen LogP contribution in [-0.4, -0.2) is 21.4 Å². The Kier molecular flexibility index (Phi) is 5.97. The summed E-state index contributed by atoms with van der Waals surface area (Å²) >= 11 is 8.81. The zero-order valence-electron chi connectivity index (χ0n) is 13.1. The van der Waals surface area contributed by atoms with Gasteiger partial charge in [-0.25, -0.2) is 0 Å². The zero-order valence-corrected chi connectivity index (χ0v) is 15.5. The minimum atomic E-state index is 0.659.